The molecule has 0 saturated carbocycles. The molecule has 106 valence electrons. The predicted molar refractivity (Wildman–Crippen MR) is 79.5 cm³/mol. The van der Waals surface area contributed by atoms with Crippen LogP contribution in [0, 0.1) is 5.82 Å². The van der Waals surface area contributed by atoms with Crippen LogP contribution in [0.4, 0.5) is 4.39 Å². The number of rotatable bonds is 2. The van der Waals surface area contributed by atoms with Gasteiger partial charge in [0.2, 0.25) is 5.91 Å². The summed E-state index contributed by atoms with van der Waals surface area (Å²) >= 11 is 0. The van der Waals surface area contributed by atoms with Gasteiger partial charge in [-0.05, 0) is 23.3 Å². The first-order chi connectivity index (χ1) is 10.1. The lowest BCUT2D eigenvalue weighted by atomic mass is 9.89. The number of hydrazone groups is 1. The van der Waals surface area contributed by atoms with Crippen LogP contribution in [0.25, 0.3) is 0 Å². The summed E-state index contributed by atoms with van der Waals surface area (Å²) in [6, 6.07) is 15.9. The SMILES string of the molecule is CN1N=C(c2ccc(F)cc2)CC(c2ccccc2)C1=O. The van der Waals surface area contributed by atoms with E-state index in [1.54, 1.807) is 19.2 Å². The smallest absolute Gasteiger partial charge is 0.250 e. The summed E-state index contributed by atoms with van der Waals surface area (Å²) in [5.41, 5.74) is 2.62. The van der Waals surface area contributed by atoms with Crippen LogP contribution in [0.5, 0.6) is 0 Å². The largest absolute Gasteiger partial charge is 0.272 e. The molecule has 0 saturated heterocycles. The number of halogens is 1. The van der Waals surface area contributed by atoms with E-state index in [9.17, 15) is 9.18 Å². The summed E-state index contributed by atoms with van der Waals surface area (Å²) in [6.07, 6.45) is 0.527. The van der Waals surface area contributed by atoms with Gasteiger partial charge in [-0.1, -0.05) is 42.5 Å². The second-order valence-corrected chi connectivity index (χ2v) is 5.08. The van der Waals surface area contributed by atoms with Gasteiger partial charge in [-0.15, -0.1) is 0 Å². The standard InChI is InChI=1S/C17H15FN2O/c1-20-17(21)15(12-5-3-2-4-6-12)11-16(19-20)13-7-9-14(18)10-8-13/h2-10,15H,11H2,1H3. The van der Waals surface area contributed by atoms with Gasteiger partial charge in [-0.3, -0.25) is 4.79 Å². The van der Waals surface area contributed by atoms with E-state index in [0.29, 0.717) is 6.42 Å². The first-order valence-corrected chi connectivity index (χ1v) is 6.81. The zero-order valence-electron chi connectivity index (χ0n) is 11.7. The molecule has 1 amide bonds. The number of amides is 1. The van der Waals surface area contributed by atoms with Crippen LogP contribution in [0.3, 0.4) is 0 Å². The van der Waals surface area contributed by atoms with E-state index in [4.69, 9.17) is 0 Å². The van der Waals surface area contributed by atoms with Gasteiger partial charge in [0.25, 0.3) is 0 Å². The van der Waals surface area contributed by atoms with Gasteiger partial charge >= 0.3 is 0 Å². The van der Waals surface area contributed by atoms with Gasteiger partial charge in [-0.2, -0.15) is 5.10 Å². The molecule has 2 aromatic rings. The Kier molecular flexibility index (Phi) is 3.52. The summed E-state index contributed by atoms with van der Waals surface area (Å²) in [5, 5.41) is 5.69. The van der Waals surface area contributed by atoms with Crippen molar-refractivity contribution in [3.8, 4) is 0 Å². The third kappa shape index (κ3) is 2.70. The van der Waals surface area contributed by atoms with Crippen LogP contribution in [0.1, 0.15) is 23.5 Å². The Bertz CT molecular complexity index is 680. The Morgan fingerprint density at radius 1 is 1.10 bits per heavy atom. The number of carbonyl (C=O) groups excluding carboxylic acids is 1. The van der Waals surface area contributed by atoms with Crippen molar-refractivity contribution >= 4 is 11.6 Å². The molecule has 0 radical (unpaired) electrons. The van der Waals surface area contributed by atoms with Crippen molar-refractivity contribution in [2.75, 3.05) is 7.05 Å². The maximum Gasteiger partial charge on any atom is 0.250 e. The summed E-state index contributed by atoms with van der Waals surface area (Å²) in [7, 11) is 1.65. The predicted octanol–water partition coefficient (Wildman–Crippen LogP) is 3.18. The molecule has 3 nitrogen and oxygen atoms in total. The number of nitrogens with zero attached hydrogens (tertiary/aromatic N) is 2. The molecule has 1 atom stereocenters. The van der Waals surface area contributed by atoms with Crippen molar-refractivity contribution < 1.29 is 9.18 Å². The highest BCUT2D eigenvalue weighted by molar-refractivity contribution is 6.06. The fourth-order valence-electron chi connectivity index (χ4n) is 2.54. The lowest BCUT2D eigenvalue weighted by Crippen LogP contribution is -2.35. The minimum Gasteiger partial charge on any atom is -0.272 e. The van der Waals surface area contributed by atoms with Crippen LogP contribution >= 0.6 is 0 Å². The van der Waals surface area contributed by atoms with Crippen molar-refractivity contribution in [2.24, 2.45) is 5.10 Å². The lowest BCUT2D eigenvalue weighted by Gasteiger charge is -2.27. The second-order valence-electron chi connectivity index (χ2n) is 5.08. The molecule has 0 aromatic heterocycles. The fourth-order valence-corrected chi connectivity index (χ4v) is 2.54. The van der Waals surface area contributed by atoms with E-state index in [2.05, 4.69) is 5.10 Å². The molecular weight excluding hydrogens is 267 g/mol. The minimum absolute atomic E-state index is 0.0212. The Labute approximate surface area is 122 Å². The van der Waals surface area contributed by atoms with Gasteiger partial charge in [0, 0.05) is 13.5 Å². The molecular formula is C17H15FN2O. The van der Waals surface area contributed by atoms with Crippen LogP contribution in [0.2, 0.25) is 0 Å². The third-order valence-electron chi connectivity index (χ3n) is 3.66. The van der Waals surface area contributed by atoms with Crippen molar-refractivity contribution in [3.05, 3.63) is 71.5 Å². The molecule has 1 heterocycles. The molecule has 0 bridgehead atoms. The summed E-state index contributed by atoms with van der Waals surface area (Å²) < 4.78 is 13.0. The van der Waals surface area contributed by atoms with Crippen molar-refractivity contribution in [3.63, 3.8) is 0 Å². The van der Waals surface area contributed by atoms with Gasteiger partial charge in [0.1, 0.15) is 5.82 Å². The summed E-state index contributed by atoms with van der Waals surface area (Å²) in [4.78, 5) is 12.3. The number of likely N-dealkylation sites (N-methyl/N-ethyl adjacent to an activating group) is 1. The van der Waals surface area contributed by atoms with Gasteiger partial charge in [-0.25, -0.2) is 9.40 Å². The van der Waals surface area contributed by atoms with Crippen LogP contribution in [-0.2, 0) is 4.79 Å². The number of hydrogen-bond acceptors (Lipinski definition) is 2. The average Bonchev–Trinajstić information content (AvgIpc) is 2.51. The number of carbonyl (C=O) groups is 1. The van der Waals surface area contributed by atoms with Crippen LogP contribution in [0.15, 0.2) is 59.7 Å². The molecule has 0 aliphatic carbocycles. The molecule has 0 fully saturated rings. The van der Waals surface area contributed by atoms with Gasteiger partial charge in [0.05, 0.1) is 11.6 Å². The average molecular weight is 282 g/mol. The molecule has 3 rings (SSSR count). The normalized spacial score (nSPS) is 18.6. The summed E-state index contributed by atoms with van der Waals surface area (Å²) in [5.74, 6) is -0.542. The van der Waals surface area contributed by atoms with E-state index in [1.165, 1.54) is 17.1 Å². The first-order valence-electron chi connectivity index (χ1n) is 6.81. The Morgan fingerprint density at radius 2 is 1.76 bits per heavy atom. The van der Waals surface area contributed by atoms with Crippen LogP contribution in [-0.4, -0.2) is 23.7 Å². The topological polar surface area (TPSA) is 32.7 Å². The van der Waals surface area contributed by atoms with Gasteiger partial charge < -0.3 is 0 Å². The maximum atomic E-state index is 13.0. The highest BCUT2D eigenvalue weighted by Gasteiger charge is 2.30. The first kappa shape index (κ1) is 13.5. The number of benzene rings is 2. The van der Waals surface area contributed by atoms with E-state index < -0.39 is 0 Å². The number of hydrogen-bond donors (Lipinski definition) is 0. The molecule has 2 aromatic carbocycles. The Hall–Kier alpha value is -2.49. The van der Waals surface area contributed by atoms with E-state index in [-0.39, 0.29) is 17.6 Å². The zero-order chi connectivity index (χ0) is 14.8. The molecule has 1 unspecified atom stereocenters. The van der Waals surface area contributed by atoms with E-state index in [1.807, 2.05) is 30.3 Å². The fraction of sp³-hybridized carbons (Fsp3) is 0.176. The van der Waals surface area contributed by atoms with Gasteiger partial charge in [0.15, 0.2) is 0 Å². The Balaban J connectivity index is 1.95. The van der Waals surface area contributed by atoms with E-state index >= 15 is 0 Å². The summed E-state index contributed by atoms with van der Waals surface area (Å²) in [6.45, 7) is 0. The molecule has 21 heavy (non-hydrogen) atoms. The zero-order valence-corrected chi connectivity index (χ0v) is 11.7. The van der Waals surface area contributed by atoms with Crippen molar-refractivity contribution in [1.29, 1.82) is 0 Å². The maximum absolute atomic E-state index is 13.0. The quantitative estimate of drug-likeness (QED) is 0.832. The molecule has 1 aliphatic rings. The molecule has 0 spiro atoms. The molecule has 0 N–H and O–H groups in total. The highest BCUT2D eigenvalue weighted by atomic mass is 19.1. The monoisotopic (exact) mass is 282 g/mol. The minimum atomic E-state index is -0.279. The lowest BCUT2D eigenvalue weighted by molar-refractivity contribution is -0.132. The van der Waals surface area contributed by atoms with Crippen molar-refractivity contribution in [2.45, 2.75) is 12.3 Å². The highest BCUT2D eigenvalue weighted by Crippen LogP contribution is 2.28. The second kappa shape index (κ2) is 5.48. The Morgan fingerprint density at radius 3 is 2.43 bits per heavy atom. The van der Waals surface area contributed by atoms with Crippen LogP contribution < -0.4 is 0 Å². The van der Waals surface area contributed by atoms with Crippen molar-refractivity contribution in [1.82, 2.24) is 5.01 Å². The molecule has 1 aliphatic heterocycles. The van der Waals surface area contributed by atoms with E-state index in [0.717, 1.165) is 16.8 Å². The third-order valence-corrected chi connectivity index (χ3v) is 3.66. The molecule has 4 heteroatoms.